The molecule has 18 heavy (non-hydrogen) atoms. The first-order chi connectivity index (χ1) is 8.84. The van der Waals surface area contributed by atoms with Crippen LogP contribution in [0, 0.1) is 0 Å². The molecule has 0 fully saturated rings. The van der Waals surface area contributed by atoms with Crippen LogP contribution < -0.4 is 5.73 Å². The van der Waals surface area contributed by atoms with E-state index in [1.807, 2.05) is 24.4 Å². The highest BCUT2D eigenvalue weighted by Gasteiger charge is 2.08. The average Bonchev–Trinajstić information content (AvgIpc) is 2.90. The minimum Gasteiger partial charge on any atom is -0.368 e. The van der Waals surface area contributed by atoms with Crippen LogP contribution in [0.15, 0.2) is 49.2 Å². The number of hydrogen-bond acceptors (Lipinski definition) is 4. The lowest BCUT2D eigenvalue weighted by Crippen LogP contribution is -1.93. The summed E-state index contributed by atoms with van der Waals surface area (Å²) in [6.45, 7) is 0. The van der Waals surface area contributed by atoms with Crippen molar-refractivity contribution < 1.29 is 0 Å². The monoisotopic (exact) mass is 237 g/mol. The van der Waals surface area contributed by atoms with Crippen LogP contribution >= 0.6 is 0 Å². The van der Waals surface area contributed by atoms with E-state index in [1.165, 1.54) is 0 Å². The molecule has 5 nitrogen and oxygen atoms in total. The minimum absolute atomic E-state index is 0.278. The molecule has 0 amide bonds. The molecular formula is C13H11N5. The van der Waals surface area contributed by atoms with Crippen molar-refractivity contribution in [2.75, 3.05) is 5.73 Å². The van der Waals surface area contributed by atoms with Gasteiger partial charge in [0.25, 0.3) is 0 Å². The van der Waals surface area contributed by atoms with Crippen molar-refractivity contribution in [3.63, 3.8) is 0 Å². The largest absolute Gasteiger partial charge is 0.368 e. The highest BCUT2D eigenvalue weighted by Crippen LogP contribution is 2.29. The van der Waals surface area contributed by atoms with Crippen LogP contribution in [0.1, 0.15) is 0 Å². The molecule has 0 saturated heterocycles. The van der Waals surface area contributed by atoms with Crippen LogP contribution in [0.3, 0.4) is 0 Å². The summed E-state index contributed by atoms with van der Waals surface area (Å²) in [4.78, 5) is 15.3. The summed E-state index contributed by atoms with van der Waals surface area (Å²) in [7, 11) is 0. The van der Waals surface area contributed by atoms with Crippen LogP contribution in [0.5, 0.6) is 0 Å². The summed E-state index contributed by atoms with van der Waals surface area (Å²) >= 11 is 0. The Kier molecular flexibility index (Phi) is 2.49. The van der Waals surface area contributed by atoms with Gasteiger partial charge in [0.05, 0.1) is 5.69 Å². The van der Waals surface area contributed by atoms with Gasteiger partial charge in [0.2, 0.25) is 5.95 Å². The zero-order valence-corrected chi connectivity index (χ0v) is 9.54. The van der Waals surface area contributed by atoms with Gasteiger partial charge in [-0.2, -0.15) is 0 Å². The number of H-pyrrole nitrogens is 1. The van der Waals surface area contributed by atoms with Gasteiger partial charge >= 0.3 is 0 Å². The minimum atomic E-state index is 0.278. The summed E-state index contributed by atoms with van der Waals surface area (Å²) in [5.41, 5.74) is 9.55. The van der Waals surface area contributed by atoms with Gasteiger partial charge in [-0.3, -0.25) is 4.98 Å². The Morgan fingerprint density at radius 1 is 0.944 bits per heavy atom. The molecule has 5 heteroatoms. The Hall–Kier alpha value is -2.69. The van der Waals surface area contributed by atoms with Crippen molar-refractivity contribution in [3.8, 4) is 22.4 Å². The number of hydrogen-bond donors (Lipinski definition) is 2. The molecular weight excluding hydrogens is 226 g/mol. The summed E-state index contributed by atoms with van der Waals surface area (Å²) < 4.78 is 0. The normalized spacial score (nSPS) is 10.4. The molecule has 0 aliphatic carbocycles. The summed E-state index contributed by atoms with van der Waals surface area (Å²) in [6.07, 6.45) is 8.85. The molecule has 3 rings (SSSR count). The molecule has 0 aliphatic rings. The summed E-state index contributed by atoms with van der Waals surface area (Å²) in [5, 5.41) is 0. The predicted molar refractivity (Wildman–Crippen MR) is 69.5 cm³/mol. The first kappa shape index (κ1) is 10.5. The summed E-state index contributed by atoms with van der Waals surface area (Å²) in [6, 6.07) is 5.89. The van der Waals surface area contributed by atoms with Crippen LogP contribution in [0.25, 0.3) is 22.4 Å². The van der Waals surface area contributed by atoms with Crippen molar-refractivity contribution in [1.29, 1.82) is 0 Å². The SMILES string of the molecule is Nc1ncc(-c2cc[nH]c2-c2ccncc2)cn1. The average molecular weight is 237 g/mol. The highest BCUT2D eigenvalue weighted by molar-refractivity contribution is 5.80. The van der Waals surface area contributed by atoms with E-state index < -0.39 is 0 Å². The van der Waals surface area contributed by atoms with Crippen LogP contribution in [-0.4, -0.2) is 19.9 Å². The Labute approximate surface area is 104 Å². The van der Waals surface area contributed by atoms with Gasteiger partial charge in [-0.1, -0.05) is 0 Å². The quantitative estimate of drug-likeness (QED) is 0.715. The molecule has 0 spiro atoms. The van der Waals surface area contributed by atoms with Gasteiger partial charge in [-0.25, -0.2) is 9.97 Å². The van der Waals surface area contributed by atoms with Crippen LogP contribution in [0.4, 0.5) is 5.95 Å². The molecule has 3 N–H and O–H groups in total. The maximum Gasteiger partial charge on any atom is 0.219 e. The van der Waals surface area contributed by atoms with E-state index in [1.54, 1.807) is 24.8 Å². The van der Waals surface area contributed by atoms with Gasteiger partial charge in [0.1, 0.15) is 0 Å². The Balaban J connectivity index is 2.10. The van der Waals surface area contributed by atoms with Crippen molar-refractivity contribution >= 4 is 5.95 Å². The highest BCUT2D eigenvalue weighted by atomic mass is 15.0. The maximum absolute atomic E-state index is 5.49. The van der Waals surface area contributed by atoms with Gasteiger partial charge < -0.3 is 10.7 Å². The molecule has 0 saturated carbocycles. The van der Waals surface area contributed by atoms with Crippen molar-refractivity contribution in [3.05, 3.63) is 49.2 Å². The van der Waals surface area contributed by atoms with E-state index in [0.717, 1.165) is 22.4 Å². The third-order valence-corrected chi connectivity index (χ3v) is 2.70. The van der Waals surface area contributed by atoms with E-state index >= 15 is 0 Å². The van der Waals surface area contributed by atoms with Crippen molar-refractivity contribution in [2.24, 2.45) is 0 Å². The number of nitrogens with one attached hydrogen (secondary N) is 1. The van der Waals surface area contributed by atoms with E-state index in [-0.39, 0.29) is 5.95 Å². The second kappa shape index (κ2) is 4.29. The number of nitrogens with two attached hydrogens (primary N) is 1. The molecule has 0 unspecified atom stereocenters. The second-order valence-corrected chi connectivity index (χ2v) is 3.83. The van der Waals surface area contributed by atoms with E-state index in [2.05, 4.69) is 19.9 Å². The molecule has 0 radical (unpaired) electrons. The van der Waals surface area contributed by atoms with Crippen molar-refractivity contribution in [1.82, 2.24) is 19.9 Å². The van der Waals surface area contributed by atoms with Crippen LogP contribution in [0.2, 0.25) is 0 Å². The maximum atomic E-state index is 5.49. The Bertz CT molecular complexity index is 643. The molecule has 0 aromatic carbocycles. The fourth-order valence-electron chi connectivity index (χ4n) is 1.84. The standard InChI is InChI=1S/C13H11N5/c14-13-17-7-10(8-18-13)11-3-6-16-12(11)9-1-4-15-5-2-9/h1-8,16H,(H2,14,17,18). The van der Waals surface area contributed by atoms with Gasteiger partial charge in [-0.05, 0) is 18.2 Å². The zero-order valence-electron chi connectivity index (χ0n) is 9.54. The number of aromatic amines is 1. The Morgan fingerprint density at radius 3 is 2.39 bits per heavy atom. The molecule has 3 aromatic heterocycles. The van der Waals surface area contributed by atoms with Gasteiger partial charge in [0.15, 0.2) is 0 Å². The molecule has 0 atom stereocenters. The molecule has 3 heterocycles. The lowest BCUT2D eigenvalue weighted by molar-refractivity contribution is 1.19. The topological polar surface area (TPSA) is 80.5 Å². The number of anilines is 1. The molecule has 0 aliphatic heterocycles. The smallest absolute Gasteiger partial charge is 0.219 e. The first-order valence-electron chi connectivity index (χ1n) is 5.50. The van der Waals surface area contributed by atoms with E-state index in [9.17, 15) is 0 Å². The lowest BCUT2D eigenvalue weighted by Gasteiger charge is -2.04. The zero-order chi connectivity index (χ0) is 12.4. The molecule has 88 valence electrons. The molecule has 0 bridgehead atoms. The number of rotatable bonds is 2. The van der Waals surface area contributed by atoms with Crippen LogP contribution in [-0.2, 0) is 0 Å². The Morgan fingerprint density at radius 2 is 1.67 bits per heavy atom. The van der Waals surface area contributed by atoms with E-state index in [0.29, 0.717) is 0 Å². The van der Waals surface area contributed by atoms with E-state index in [4.69, 9.17) is 5.73 Å². The predicted octanol–water partition coefficient (Wildman–Crippen LogP) is 2.12. The number of nitrogens with zero attached hydrogens (tertiary/aromatic N) is 3. The third kappa shape index (κ3) is 1.82. The summed E-state index contributed by atoms with van der Waals surface area (Å²) in [5.74, 6) is 0.278. The fourth-order valence-corrected chi connectivity index (χ4v) is 1.84. The van der Waals surface area contributed by atoms with Gasteiger partial charge in [0, 0.05) is 47.7 Å². The second-order valence-electron chi connectivity index (χ2n) is 3.83. The van der Waals surface area contributed by atoms with Gasteiger partial charge in [-0.15, -0.1) is 0 Å². The first-order valence-corrected chi connectivity index (χ1v) is 5.50. The number of nitrogen functional groups attached to an aromatic ring is 1. The number of aromatic nitrogens is 4. The molecule has 3 aromatic rings. The third-order valence-electron chi connectivity index (χ3n) is 2.70. The lowest BCUT2D eigenvalue weighted by atomic mass is 10.1. The number of pyridine rings is 1. The van der Waals surface area contributed by atoms with Crippen molar-refractivity contribution in [2.45, 2.75) is 0 Å². The fraction of sp³-hybridized carbons (Fsp3) is 0.